The molecular formula is C11H15NO. The smallest absolute Gasteiger partial charge is 0.0902 e. The molecule has 1 aliphatic rings. The first-order valence-corrected chi connectivity index (χ1v) is 4.72. The zero-order valence-corrected chi connectivity index (χ0v) is 7.61. The van der Waals surface area contributed by atoms with Crippen LogP contribution in [0.4, 0.5) is 0 Å². The molecule has 1 aromatic rings. The summed E-state index contributed by atoms with van der Waals surface area (Å²) in [5.41, 5.74) is 5.96. The van der Waals surface area contributed by atoms with Crippen molar-refractivity contribution in [2.45, 2.75) is 18.4 Å². The Morgan fingerprint density at radius 3 is 2.46 bits per heavy atom. The van der Waals surface area contributed by atoms with Crippen LogP contribution in [-0.4, -0.2) is 11.7 Å². The maximum Gasteiger partial charge on any atom is 0.0902 e. The summed E-state index contributed by atoms with van der Waals surface area (Å²) in [5, 5.41) is 10.1. The number of hydrogen-bond donors (Lipinski definition) is 2. The summed E-state index contributed by atoms with van der Waals surface area (Å²) in [6, 6.07) is 9.84. The minimum atomic E-state index is -0.592. The van der Waals surface area contributed by atoms with Crippen LogP contribution in [0.1, 0.15) is 18.4 Å². The second kappa shape index (κ2) is 3.13. The molecule has 2 nitrogen and oxygen atoms in total. The van der Waals surface area contributed by atoms with Gasteiger partial charge >= 0.3 is 0 Å². The van der Waals surface area contributed by atoms with Crippen molar-refractivity contribution in [3.8, 4) is 0 Å². The fraction of sp³-hybridized carbons (Fsp3) is 0.455. The van der Waals surface area contributed by atoms with Gasteiger partial charge in [0.2, 0.25) is 0 Å². The van der Waals surface area contributed by atoms with Crippen LogP contribution in [-0.2, 0) is 5.60 Å². The van der Waals surface area contributed by atoms with Gasteiger partial charge in [0.1, 0.15) is 0 Å². The Labute approximate surface area is 78.4 Å². The van der Waals surface area contributed by atoms with Crippen molar-refractivity contribution in [2.75, 3.05) is 6.54 Å². The Morgan fingerprint density at radius 1 is 1.31 bits per heavy atom. The summed E-state index contributed by atoms with van der Waals surface area (Å²) in [6.07, 6.45) is 1.63. The first-order valence-electron chi connectivity index (χ1n) is 4.72. The predicted molar refractivity (Wildman–Crippen MR) is 52.1 cm³/mol. The molecule has 70 valence electrons. The zero-order chi connectivity index (χ0) is 9.31. The van der Waals surface area contributed by atoms with Crippen LogP contribution in [0.5, 0.6) is 0 Å². The Kier molecular flexibility index (Phi) is 2.10. The highest BCUT2D eigenvalue weighted by Crippen LogP contribution is 2.44. The predicted octanol–water partition coefficient (Wildman–Crippen LogP) is 1.24. The van der Waals surface area contributed by atoms with E-state index in [1.54, 1.807) is 0 Å². The maximum atomic E-state index is 10.1. The molecule has 0 atom stereocenters. The molecule has 1 saturated carbocycles. The lowest BCUT2D eigenvalue weighted by Crippen LogP contribution is -2.44. The van der Waals surface area contributed by atoms with Gasteiger partial charge in [-0.3, -0.25) is 0 Å². The van der Waals surface area contributed by atoms with Gasteiger partial charge in [-0.25, -0.2) is 0 Å². The van der Waals surface area contributed by atoms with Crippen molar-refractivity contribution in [3.05, 3.63) is 35.9 Å². The fourth-order valence-corrected chi connectivity index (χ4v) is 2.05. The van der Waals surface area contributed by atoms with E-state index in [0.717, 1.165) is 18.4 Å². The first kappa shape index (κ1) is 8.73. The molecular weight excluding hydrogens is 162 g/mol. The third-order valence-corrected chi connectivity index (χ3v) is 2.90. The van der Waals surface area contributed by atoms with E-state index in [9.17, 15) is 5.11 Å². The Balaban J connectivity index is 2.11. The van der Waals surface area contributed by atoms with Gasteiger partial charge in [0.15, 0.2) is 0 Å². The minimum absolute atomic E-state index is 0.505. The van der Waals surface area contributed by atoms with Crippen LogP contribution in [0, 0.1) is 5.92 Å². The molecule has 1 aromatic carbocycles. The van der Waals surface area contributed by atoms with Crippen LogP contribution < -0.4 is 5.73 Å². The molecule has 0 amide bonds. The van der Waals surface area contributed by atoms with Gasteiger partial charge in [0, 0.05) is 0 Å². The molecule has 0 radical (unpaired) electrons. The lowest BCUT2D eigenvalue weighted by molar-refractivity contribution is -0.0766. The van der Waals surface area contributed by atoms with Crippen molar-refractivity contribution in [1.82, 2.24) is 0 Å². The summed E-state index contributed by atoms with van der Waals surface area (Å²) >= 11 is 0. The summed E-state index contributed by atoms with van der Waals surface area (Å²) in [4.78, 5) is 0. The van der Waals surface area contributed by atoms with Crippen LogP contribution in [0.25, 0.3) is 0 Å². The molecule has 0 saturated heterocycles. The average molecular weight is 177 g/mol. The quantitative estimate of drug-likeness (QED) is 0.714. The highest BCUT2D eigenvalue weighted by atomic mass is 16.3. The molecule has 0 aliphatic heterocycles. The molecule has 0 spiro atoms. The maximum absolute atomic E-state index is 10.1. The van der Waals surface area contributed by atoms with E-state index in [4.69, 9.17) is 5.73 Å². The van der Waals surface area contributed by atoms with Crippen molar-refractivity contribution in [2.24, 2.45) is 11.7 Å². The molecule has 0 heterocycles. The Morgan fingerprint density at radius 2 is 1.92 bits per heavy atom. The molecule has 1 aliphatic carbocycles. The van der Waals surface area contributed by atoms with Gasteiger partial charge in [0.05, 0.1) is 5.60 Å². The van der Waals surface area contributed by atoms with Crippen LogP contribution in [0.2, 0.25) is 0 Å². The third kappa shape index (κ3) is 1.47. The van der Waals surface area contributed by atoms with Crippen LogP contribution >= 0.6 is 0 Å². The van der Waals surface area contributed by atoms with Crippen molar-refractivity contribution >= 4 is 0 Å². The van der Waals surface area contributed by atoms with Crippen LogP contribution in [0.3, 0.4) is 0 Å². The lowest BCUT2D eigenvalue weighted by atomic mass is 9.67. The second-order valence-corrected chi connectivity index (χ2v) is 3.91. The second-order valence-electron chi connectivity index (χ2n) is 3.91. The highest BCUT2D eigenvalue weighted by molar-refractivity contribution is 5.25. The fourth-order valence-electron chi connectivity index (χ4n) is 2.05. The Bertz CT molecular complexity index is 277. The van der Waals surface area contributed by atoms with Gasteiger partial charge in [-0.2, -0.15) is 0 Å². The Hall–Kier alpha value is -0.860. The molecule has 0 unspecified atom stereocenters. The van der Waals surface area contributed by atoms with Gasteiger partial charge in [-0.15, -0.1) is 0 Å². The summed E-state index contributed by atoms with van der Waals surface area (Å²) in [6.45, 7) is 0.690. The largest absolute Gasteiger partial charge is 0.385 e. The van der Waals surface area contributed by atoms with Crippen molar-refractivity contribution < 1.29 is 5.11 Å². The van der Waals surface area contributed by atoms with Gasteiger partial charge in [-0.05, 0) is 30.9 Å². The number of aliphatic hydroxyl groups is 1. The third-order valence-electron chi connectivity index (χ3n) is 2.90. The van der Waals surface area contributed by atoms with Crippen LogP contribution in [0.15, 0.2) is 30.3 Å². The van der Waals surface area contributed by atoms with Crippen molar-refractivity contribution in [1.29, 1.82) is 0 Å². The zero-order valence-electron chi connectivity index (χ0n) is 7.61. The number of benzene rings is 1. The van der Waals surface area contributed by atoms with E-state index < -0.39 is 5.60 Å². The summed E-state index contributed by atoms with van der Waals surface area (Å²) in [7, 11) is 0. The van der Waals surface area contributed by atoms with E-state index in [0.29, 0.717) is 12.5 Å². The molecule has 13 heavy (non-hydrogen) atoms. The van der Waals surface area contributed by atoms with Crippen molar-refractivity contribution in [3.63, 3.8) is 0 Å². The summed E-state index contributed by atoms with van der Waals surface area (Å²) in [5.74, 6) is 0.505. The first-order chi connectivity index (χ1) is 6.24. The van der Waals surface area contributed by atoms with E-state index >= 15 is 0 Å². The molecule has 2 rings (SSSR count). The number of rotatable bonds is 2. The molecule has 0 bridgehead atoms. The average Bonchev–Trinajstić information content (AvgIpc) is 2.14. The topological polar surface area (TPSA) is 46.2 Å². The molecule has 2 heteroatoms. The van der Waals surface area contributed by atoms with Gasteiger partial charge < -0.3 is 10.8 Å². The van der Waals surface area contributed by atoms with E-state index in [1.165, 1.54) is 0 Å². The van der Waals surface area contributed by atoms with Gasteiger partial charge in [-0.1, -0.05) is 30.3 Å². The molecule has 1 fully saturated rings. The summed E-state index contributed by atoms with van der Waals surface area (Å²) < 4.78 is 0. The van der Waals surface area contributed by atoms with E-state index in [2.05, 4.69) is 0 Å². The monoisotopic (exact) mass is 177 g/mol. The number of nitrogens with two attached hydrogens (primary N) is 1. The molecule has 3 N–H and O–H groups in total. The standard InChI is InChI=1S/C11H15NO/c12-8-9-6-11(13,7-9)10-4-2-1-3-5-10/h1-5,9,13H,6-8,12H2. The van der Waals surface area contributed by atoms with E-state index in [1.807, 2.05) is 30.3 Å². The number of hydrogen-bond acceptors (Lipinski definition) is 2. The molecule has 0 aromatic heterocycles. The van der Waals surface area contributed by atoms with Gasteiger partial charge in [0.25, 0.3) is 0 Å². The van der Waals surface area contributed by atoms with E-state index in [-0.39, 0.29) is 0 Å². The SMILES string of the molecule is NCC1CC(O)(c2ccccc2)C1. The highest BCUT2D eigenvalue weighted by Gasteiger charge is 2.42. The normalized spacial score (nSPS) is 32.6. The lowest BCUT2D eigenvalue weighted by Gasteiger charge is -2.43. The minimum Gasteiger partial charge on any atom is -0.385 e.